The average Bonchev–Trinajstić information content (AvgIpc) is 3.35. The van der Waals surface area contributed by atoms with Gasteiger partial charge in [0.05, 0.1) is 0 Å². The maximum absolute atomic E-state index is 14.3. The van der Waals surface area contributed by atoms with Crippen LogP contribution in [-0.4, -0.2) is 42.8 Å². The van der Waals surface area contributed by atoms with Crippen LogP contribution in [0.15, 0.2) is 42.5 Å². The first kappa shape index (κ1) is 23.1. The van der Waals surface area contributed by atoms with Gasteiger partial charge >= 0.3 is 6.18 Å². The van der Waals surface area contributed by atoms with Gasteiger partial charge < -0.3 is 10.2 Å². The Morgan fingerprint density at radius 2 is 1.84 bits per heavy atom. The summed E-state index contributed by atoms with van der Waals surface area (Å²) in [6, 6.07) is 10.3. The molecule has 0 spiro atoms. The maximum atomic E-state index is 14.3. The van der Waals surface area contributed by atoms with Crippen LogP contribution >= 0.6 is 35.4 Å². The van der Waals surface area contributed by atoms with Gasteiger partial charge in [0.2, 0.25) is 0 Å². The lowest BCUT2D eigenvalue weighted by atomic mass is 9.79. The summed E-state index contributed by atoms with van der Waals surface area (Å²) >= 11 is 17.3. The van der Waals surface area contributed by atoms with Gasteiger partial charge in [0, 0.05) is 34.4 Å². The molecule has 2 aromatic rings. The predicted molar refractivity (Wildman–Crippen MR) is 120 cm³/mol. The van der Waals surface area contributed by atoms with Gasteiger partial charge in [0.1, 0.15) is 23.1 Å². The molecule has 2 heterocycles. The van der Waals surface area contributed by atoms with Crippen molar-refractivity contribution < 1.29 is 22.8 Å². The van der Waals surface area contributed by atoms with Crippen molar-refractivity contribution in [1.82, 2.24) is 10.8 Å². The summed E-state index contributed by atoms with van der Waals surface area (Å²) in [5, 5.41) is 3.24. The predicted octanol–water partition coefficient (Wildman–Crippen LogP) is 4.40. The van der Waals surface area contributed by atoms with Crippen molar-refractivity contribution in [2.75, 3.05) is 24.6 Å². The summed E-state index contributed by atoms with van der Waals surface area (Å²) < 4.78 is 42.8. The number of carbonyl (C=O) groups is 1. The van der Waals surface area contributed by atoms with Crippen LogP contribution in [0.25, 0.3) is 0 Å². The van der Waals surface area contributed by atoms with E-state index >= 15 is 0 Å². The van der Waals surface area contributed by atoms with E-state index in [-0.39, 0.29) is 47.6 Å². The van der Waals surface area contributed by atoms with Gasteiger partial charge in [-0.25, -0.2) is 5.48 Å². The smallest absolute Gasteiger partial charge is 0.370 e. The van der Waals surface area contributed by atoms with E-state index in [1.807, 2.05) is 0 Å². The number of amides is 1. The van der Waals surface area contributed by atoms with Crippen LogP contribution in [-0.2, 0) is 15.0 Å². The summed E-state index contributed by atoms with van der Waals surface area (Å²) in [7, 11) is 0. The highest BCUT2D eigenvalue weighted by atomic mass is 35.5. The first-order valence-corrected chi connectivity index (χ1v) is 10.9. The van der Waals surface area contributed by atoms with Crippen molar-refractivity contribution >= 4 is 52.0 Å². The van der Waals surface area contributed by atoms with E-state index in [4.69, 9.17) is 40.3 Å². The summed E-state index contributed by atoms with van der Waals surface area (Å²) in [5.74, 6) is -0.314. The third kappa shape index (κ3) is 4.39. The van der Waals surface area contributed by atoms with Gasteiger partial charge in [-0.1, -0.05) is 35.4 Å². The fourth-order valence-electron chi connectivity index (χ4n) is 4.01. The number of halogens is 5. The zero-order valence-electron chi connectivity index (χ0n) is 16.5. The number of hydrogen-bond donors (Lipinski definition) is 2. The van der Waals surface area contributed by atoms with Crippen LogP contribution in [0.2, 0.25) is 10.0 Å². The highest BCUT2D eigenvalue weighted by Crippen LogP contribution is 2.49. The zero-order valence-corrected chi connectivity index (χ0v) is 18.8. The molecule has 0 aromatic heterocycles. The molecule has 32 heavy (non-hydrogen) atoms. The molecule has 4 rings (SSSR count). The molecular weight excluding hydrogens is 486 g/mol. The van der Waals surface area contributed by atoms with Crippen LogP contribution in [0, 0.1) is 0 Å². The van der Waals surface area contributed by atoms with Crippen molar-refractivity contribution in [3.8, 4) is 0 Å². The van der Waals surface area contributed by atoms with E-state index in [1.165, 1.54) is 18.2 Å². The topological polar surface area (TPSA) is 53.6 Å². The Bertz CT molecular complexity index is 1030. The number of thiocarbonyl (C=S) groups is 1. The monoisotopic (exact) mass is 503 g/mol. The molecule has 11 heteroatoms. The molecule has 0 radical (unpaired) electrons. The highest BCUT2D eigenvalue weighted by molar-refractivity contribution is 7.80. The number of carbonyl (C=O) groups excluding carboxylic acids is 1. The minimum absolute atomic E-state index is 0.0593. The van der Waals surface area contributed by atoms with Crippen LogP contribution in [0.5, 0.6) is 0 Å². The molecule has 2 aliphatic heterocycles. The van der Waals surface area contributed by atoms with E-state index in [0.717, 1.165) is 0 Å². The summed E-state index contributed by atoms with van der Waals surface area (Å²) in [5.41, 5.74) is 1.50. The van der Waals surface area contributed by atoms with E-state index in [0.29, 0.717) is 16.2 Å². The summed E-state index contributed by atoms with van der Waals surface area (Å²) in [6.45, 7) is 0.109. The number of anilines is 1. The lowest BCUT2D eigenvalue weighted by molar-refractivity contribution is -0.184. The standard InChI is InChI=1S/C21H18Cl2F3N3O2S/c22-14-7-13(8-15(23)9-14)20(21(24,25)26)5-6-29(11-20)16-3-1-12(2-4-16)19(32)27-17-10-31-28-18(17)30/h1-4,7-9,17H,5-6,10-11H2,(H,27,32)(H,28,30). The van der Waals surface area contributed by atoms with Gasteiger partial charge in [-0.15, -0.1) is 0 Å². The molecule has 0 aliphatic carbocycles. The number of nitrogens with one attached hydrogen (secondary N) is 2. The molecule has 0 saturated carbocycles. The molecule has 2 saturated heterocycles. The van der Waals surface area contributed by atoms with Crippen molar-refractivity contribution in [3.05, 3.63) is 63.6 Å². The number of hydrogen-bond acceptors (Lipinski definition) is 4. The number of alkyl halides is 3. The Kier molecular flexibility index (Phi) is 6.28. The van der Waals surface area contributed by atoms with Crippen molar-refractivity contribution in [2.24, 2.45) is 0 Å². The van der Waals surface area contributed by atoms with Gasteiger partial charge in [-0.2, -0.15) is 13.2 Å². The second-order valence-electron chi connectivity index (χ2n) is 7.76. The van der Waals surface area contributed by atoms with Gasteiger partial charge in [-0.05, 0) is 54.4 Å². The van der Waals surface area contributed by atoms with Crippen LogP contribution in [0.4, 0.5) is 18.9 Å². The zero-order chi connectivity index (χ0) is 23.1. The Hall–Kier alpha value is -2.07. The first-order valence-electron chi connectivity index (χ1n) is 9.70. The Morgan fingerprint density at radius 3 is 2.41 bits per heavy atom. The first-order chi connectivity index (χ1) is 15.1. The second-order valence-corrected chi connectivity index (χ2v) is 9.04. The summed E-state index contributed by atoms with van der Waals surface area (Å²) in [4.78, 5) is 18.5. The average molecular weight is 504 g/mol. The van der Waals surface area contributed by atoms with Gasteiger partial charge in [-0.3, -0.25) is 9.63 Å². The molecule has 5 nitrogen and oxygen atoms in total. The van der Waals surface area contributed by atoms with E-state index in [1.54, 1.807) is 29.2 Å². The maximum Gasteiger partial charge on any atom is 0.400 e. The summed E-state index contributed by atoms with van der Waals surface area (Å²) in [6.07, 6.45) is -4.60. The molecule has 0 bridgehead atoms. The third-order valence-corrected chi connectivity index (χ3v) is 6.56. The van der Waals surface area contributed by atoms with Crippen LogP contribution in [0.1, 0.15) is 17.5 Å². The van der Waals surface area contributed by atoms with Crippen molar-refractivity contribution in [1.29, 1.82) is 0 Å². The van der Waals surface area contributed by atoms with Gasteiger partial charge in [0.15, 0.2) is 0 Å². The minimum Gasteiger partial charge on any atom is -0.370 e. The molecule has 2 unspecified atom stereocenters. The fraction of sp³-hybridized carbons (Fsp3) is 0.333. The molecule has 170 valence electrons. The molecule has 1 amide bonds. The second kappa shape index (κ2) is 8.70. The third-order valence-electron chi connectivity index (χ3n) is 5.77. The fourth-order valence-corrected chi connectivity index (χ4v) is 4.81. The lowest BCUT2D eigenvalue weighted by Gasteiger charge is -2.33. The molecule has 2 atom stereocenters. The molecule has 2 N–H and O–H groups in total. The Labute approximate surface area is 197 Å². The highest BCUT2D eigenvalue weighted by Gasteiger charge is 2.59. The molecule has 2 aromatic carbocycles. The Balaban J connectivity index is 1.53. The van der Waals surface area contributed by atoms with Crippen LogP contribution in [0.3, 0.4) is 0 Å². The van der Waals surface area contributed by atoms with E-state index < -0.39 is 17.6 Å². The number of hydroxylamine groups is 1. The van der Waals surface area contributed by atoms with Crippen LogP contribution < -0.4 is 15.7 Å². The molecular formula is C21H18Cl2F3N3O2S. The Morgan fingerprint density at radius 1 is 1.19 bits per heavy atom. The lowest BCUT2D eigenvalue weighted by Crippen LogP contribution is -2.44. The van der Waals surface area contributed by atoms with Crippen molar-refractivity contribution in [2.45, 2.75) is 24.1 Å². The molecule has 2 fully saturated rings. The van der Waals surface area contributed by atoms with Gasteiger partial charge in [0.25, 0.3) is 5.91 Å². The number of rotatable bonds is 4. The number of nitrogens with zero attached hydrogens (tertiary/aromatic N) is 1. The van der Waals surface area contributed by atoms with E-state index in [2.05, 4.69) is 10.8 Å². The normalized spacial score (nSPS) is 23.3. The SMILES string of the molecule is O=C1NOCC1NC(=S)c1ccc(N2CCC(c3cc(Cl)cc(Cl)c3)(C(F)(F)F)C2)cc1. The molecule has 2 aliphatic rings. The quantitative estimate of drug-likeness (QED) is 0.605. The van der Waals surface area contributed by atoms with E-state index in [9.17, 15) is 18.0 Å². The van der Waals surface area contributed by atoms with Crippen molar-refractivity contribution in [3.63, 3.8) is 0 Å². The largest absolute Gasteiger partial charge is 0.400 e. The minimum atomic E-state index is -4.48. The number of benzene rings is 2.